The predicted octanol–water partition coefficient (Wildman–Crippen LogP) is 3.13. The van der Waals surface area contributed by atoms with Crippen molar-refractivity contribution in [2.75, 3.05) is 13.7 Å². The normalized spacial score (nSPS) is 11.7. The number of nitrogens with zero attached hydrogens (tertiary/aromatic N) is 1. The van der Waals surface area contributed by atoms with Gasteiger partial charge < -0.3 is 15.0 Å². The Bertz CT molecular complexity index is 531. The van der Waals surface area contributed by atoms with Crippen LogP contribution in [0.25, 0.3) is 0 Å². The van der Waals surface area contributed by atoms with Gasteiger partial charge in [-0.25, -0.2) is 0 Å². The van der Waals surface area contributed by atoms with Gasteiger partial charge in [-0.1, -0.05) is 32.9 Å². The van der Waals surface area contributed by atoms with Gasteiger partial charge in [0.05, 0.1) is 7.11 Å². The van der Waals surface area contributed by atoms with E-state index in [1.165, 1.54) is 0 Å². The number of rotatable bonds is 10. The summed E-state index contributed by atoms with van der Waals surface area (Å²) in [4.78, 5) is 26.8. The summed E-state index contributed by atoms with van der Waals surface area (Å²) in [7, 11) is 1.62. The summed E-state index contributed by atoms with van der Waals surface area (Å²) in [5, 5.41) is 2.91. The number of nitrogens with one attached hydrogen (secondary N) is 1. The molecule has 5 nitrogen and oxygen atoms in total. The molecule has 0 saturated carbocycles. The molecule has 0 bridgehead atoms. The highest BCUT2D eigenvalue weighted by Crippen LogP contribution is 2.18. The number of hydrogen-bond donors (Lipinski definition) is 1. The molecule has 1 aromatic carbocycles. The van der Waals surface area contributed by atoms with Gasteiger partial charge >= 0.3 is 0 Å². The molecule has 2 amide bonds. The lowest BCUT2D eigenvalue weighted by Crippen LogP contribution is -2.49. The first-order chi connectivity index (χ1) is 11.6. The third-order valence-corrected chi connectivity index (χ3v) is 3.89. The van der Waals surface area contributed by atoms with Crippen LogP contribution in [0, 0.1) is 0 Å². The fourth-order valence-electron chi connectivity index (χ4n) is 2.61. The maximum Gasteiger partial charge on any atom is 0.242 e. The lowest BCUT2D eigenvalue weighted by atomic mass is 10.1. The molecule has 24 heavy (non-hydrogen) atoms. The molecule has 0 spiro atoms. The van der Waals surface area contributed by atoms with E-state index in [4.69, 9.17) is 4.74 Å². The highest BCUT2D eigenvalue weighted by atomic mass is 16.5. The van der Waals surface area contributed by atoms with E-state index in [1.807, 2.05) is 45.0 Å². The maximum atomic E-state index is 12.6. The fourth-order valence-corrected chi connectivity index (χ4v) is 2.61. The molecule has 0 heterocycles. The topological polar surface area (TPSA) is 58.6 Å². The highest BCUT2D eigenvalue weighted by Gasteiger charge is 2.27. The second kappa shape index (κ2) is 10.7. The fraction of sp³-hybridized carbons (Fsp3) is 0.579. The van der Waals surface area contributed by atoms with Crippen molar-refractivity contribution in [3.63, 3.8) is 0 Å². The van der Waals surface area contributed by atoms with Crippen LogP contribution in [0.5, 0.6) is 5.75 Å². The maximum absolute atomic E-state index is 12.6. The molecule has 1 atom stereocenters. The second-order valence-electron chi connectivity index (χ2n) is 5.84. The number of benzene rings is 1. The third-order valence-electron chi connectivity index (χ3n) is 3.89. The number of hydrogen-bond acceptors (Lipinski definition) is 3. The zero-order chi connectivity index (χ0) is 17.9. The lowest BCUT2D eigenvalue weighted by molar-refractivity contribution is -0.141. The molecule has 0 aliphatic carbocycles. The zero-order valence-corrected chi connectivity index (χ0v) is 15.3. The van der Waals surface area contributed by atoms with Gasteiger partial charge in [-0.2, -0.15) is 0 Å². The van der Waals surface area contributed by atoms with E-state index in [2.05, 4.69) is 5.32 Å². The number of carbonyl (C=O) groups is 2. The Morgan fingerprint density at radius 3 is 2.54 bits per heavy atom. The Kier molecular flexibility index (Phi) is 8.90. The largest absolute Gasteiger partial charge is 0.497 e. The van der Waals surface area contributed by atoms with Crippen LogP contribution in [0.15, 0.2) is 24.3 Å². The Balaban J connectivity index is 3.00. The summed E-state index contributed by atoms with van der Waals surface area (Å²) in [6.45, 7) is 6.96. The van der Waals surface area contributed by atoms with Crippen molar-refractivity contribution in [2.45, 2.75) is 59.0 Å². The van der Waals surface area contributed by atoms with Gasteiger partial charge in [0.2, 0.25) is 11.8 Å². The van der Waals surface area contributed by atoms with Crippen LogP contribution in [-0.2, 0) is 16.1 Å². The first-order valence-electron chi connectivity index (χ1n) is 8.77. The molecule has 0 radical (unpaired) electrons. The number of carbonyl (C=O) groups excluding carboxylic acids is 2. The quantitative estimate of drug-likeness (QED) is 0.715. The first-order valence-corrected chi connectivity index (χ1v) is 8.77. The molecule has 5 heteroatoms. The van der Waals surface area contributed by atoms with Gasteiger partial charge in [-0.05, 0) is 37.0 Å². The monoisotopic (exact) mass is 334 g/mol. The Labute approximate surface area is 145 Å². The van der Waals surface area contributed by atoms with Crippen molar-refractivity contribution < 1.29 is 14.3 Å². The third kappa shape index (κ3) is 5.87. The van der Waals surface area contributed by atoms with Crippen molar-refractivity contribution in [3.8, 4) is 5.75 Å². The zero-order valence-electron chi connectivity index (χ0n) is 15.3. The van der Waals surface area contributed by atoms with E-state index in [-0.39, 0.29) is 11.8 Å². The Morgan fingerprint density at radius 1 is 1.21 bits per heavy atom. The van der Waals surface area contributed by atoms with Crippen LogP contribution in [0.2, 0.25) is 0 Å². The molecule has 0 aliphatic heterocycles. The molecule has 134 valence electrons. The van der Waals surface area contributed by atoms with E-state index in [0.29, 0.717) is 25.9 Å². The summed E-state index contributed by atoms with van der Waals surface area (Å²) in [6.07, 6.45) is 2.68. The molecule has 0 aromatic heterocycles. The average Bonchev–Trinajstić information content (AvgIpc) is 2.60. The summed E-state index contributed by atoms with van der Waals surface area (Å²) >= 11 is 0. The Hall–Kier alpha value is -2.04. The van der Waals surface area contributed by atoms with Crippen molar-refractivity contribution >= 4 is 11.8 Å². The number of methoxy groups -OCH3 is 1. The van der Waals surface area contributed by atoms with Crippen LogP contribution in [0.1, 0.15) is 52.0 Å². The summed E-state index contributed by atoms with van der Waals surface area (Å²) in [6, 6.07) is 7.18. The Morgan fingerprint density at radius 2 is 1.96 bits per heavy atom. The van der Waals surface area contributed by atoms with Gasteiger partial charge in [0.15, 0.2) is 0 Å². The molecule has 1 N–H and O–H groups in total. The van der Waals surface area contributed by atoms with Gasteiger partial charge in [0.25, 0.3) is 0 Å². The van der Waals surface area contributed by atoms with E-state index in [9.17, 15) is 9.59 Å². The minimum Gasteiger partial charge on any atom is -0.497 e. The van der Waals surface area contributed by atoms with Crippen molar-refractivity contribution in [1.82, 2.24) is 10.2 Å². The van der Waals surface area contributed by atoms with E-state index >= 15 is 0 Å². The average molecular weight is 334 g/mol. The SMILES string of the molecule is CCCNC(=O)[C@H](CC)N(Cc1cccc(OC)c1)C(=O)CCC. The molecular formula is C19H30N2O3. The van der Waals surface area contributed by atoms with Crippen LogP contribution in [-0.4, -0.2) is 36.4 Å². The van der Waals surface area contributed by atoms with Gasteiger partial charge in [-0.15, -0.1) is 0 Å². The first kappa shape index (κ1) is 20.0. The summed E-state index contributed by atoms with van der Waals surface area (Å²) in [5.74, 6) is 0.685. The van der Waals surface area contributed by atoms with Crippen LogP contribution >= 0.6 is 0 Å². The minimum absolute atomic E-state index is 0.0128. The standard InChI is InChI=1S/C19H30N2O3/c1-5-9-18(22)21(17(7-3)19(23)20-12-6-2)14-15-10-8-11-16(13-15)24-4/h8,10-11,13,17H,5-7,9,12,14H2,1-4H3,(H,20,23)/t17-/m0/s1. The second-order valence-corrected chi connectivity index (χ2v) is 5.84. The van der Waals surface area contributed by atoms with Crippen molar-refractivity contribution in [1.29, 1.82) is 0 Å². The molecule has 1 aromatic rings. The molecular weight excluding hydrogens is 304 g/mol. The molecule has 0 fully saturated rings. The number of ether oxygens (including phenoxy) is 1. The van der Waals surface area contributed by atoms with Crippen molar-refractivity contribution in [3.05, 3.63) is 29.8 Å². The van der Waals surface area contributed by atoms with Gasteiger partial charge in [0.1, 0.15) is 11.8 Å². The smallest absolute Gasteiger partial charge is 0.242 e. The lowest BCUT2D eigenvalue weighted by Gasteiger charge is -2.30. The molecule has 0 saturated heterocycles. The van der Waals surface area contributed by atoms with E-state index in [1.54, 1.807) is 12.0 Å². The predicted molar refractivity (Wildman–Crippen MR) is 95.8 cm³/mol. The minimum atomic E-state index is -0.443. The van der Waals surface area contributed by atoms with Crippen molar-refractivity contribution in [2.24, 2.45) is 0 Å². The van der Waals surface area contributed by atoms with E-state index < -0.39 is 6.04 Å². The molecule has 0 unspecified atom stereocenters. The molecule has 0 aliphatic rings. The summed E-state index contributed by atoms with van der Waals surface area (Å²) in [5.41, 5.74) is 0.959. The highest BCUT2D eigenvalue weighted by molar-refractivity contribution is 5.87. The molecule has 1 rings (SSSR count). The van der Waals surface area contributed by atoms with Crippen LogP contribution in [0.4, 0.5) is 0 Å². The van der Waals surface area contributed by atoms with Crippen LogP contribution in [0.3, 0.4) is 0 Å². The van der Waals surface area contributed by atoms with Gasteiger partial charge in [-0.3, -0.25) is 9.59 Å². The van der Waals surface area contributed by atoms with Crippen LogP contribution < -0.4 is 10.1 Å². The van der Waals surface area contributed by atoms with E-state index in [0.717, 1.165) is 24.2 Å². The van der Waals surface area contributed by atoms with Gasteiger partial charge in [0, 0.05) is 19.5 Å². The summed E-state index contributed by atoms with van der Waals surface area (Å²) < 4.78 is 5.25. The number of amides is 2.